The van der Waals surface area contributed by atoms with Crippen molar-refractivity contribution in [1.29, 1.82) is 0 Å². The van der Waals surface area contributed by atoms with Crippen LogP contribution in [0.4, 0.5) is 0 Å². The summed E-state index contributed by atoms with van der Waals surface area (Å²) in [6, 6.07) is 0. The van der Waals surface area contributed by atoms with Crippen LogP contribution < -0.4 is 0 Å². The van der Waals surface area contributed by atoms with Crippen LogP contribution in [0.5, 0.6) is 0 Å². The Morgan fingerprint density at radius 1 is 1.33 bits per heavy atom. The van der Waals surface area contributed by atoms with E-state index in [0.29, 0.717) is 0 Å². The molecule has 1 unspecified atom stereocenters. The van der Waals surface area contributed by atoms with E-state index in [4.69, 9.17) is 0 Å². The summed E-state index contributed by atoms with van der Waals surface area (Å²) in [6.07, 6.45) is 9.14. The molecule has 0 saturated heterocycles. The van der Waals surface area contributed by atoms with E-state index in [-0.39, 0.29) is 0 Å². The molecule has 0 aliphatic rings. The van der Waals surface area contributed by atoms with Gasteiger partial charge in [-0.25, -0.2) is 0 Å². The van der Waals surface area contributed by atoms with Gasteiger partial charge in [-0.2, -0.15) is 0 Å². The molecule has 12 heavy (non-hydrogen) atoms. The second-order valence-corrected chi connectivity index (χ2v) is 3.22. The Morgan fingerprint density at radius 3 is 2.33 bits per heavy atom. The summed E-state index contributed by atoms with van der Waals surface area (Å²) in [6.45, 7) is 10.5. The topological polar surface area (TPSA) is 0 Å². The molecule has 0 radical (unpaired) electrons. The van der Waals surface area contributed by atoms with E-state index in [1.165, 1.54) is 25.7 Å². The first-order valence-corrected chi connectivity index (χ1v) is 5.11. The second kappa shape index (κ2) is 7.15. The Bertz CT molecular complexity index is 142. The van der Waals surface area contributed by atoms with E-state index in [2.05, 4.69) is 33.4 Å². The maximum absolute atomic E-state index is 3.75. The number of rotatable bonds is 6. The first kappa shape index (κ1) is 11.5. The number of allylic oxidation sites excluding steroid dienone is 3. The van der Waals surface area contributed by atoms with Crippen molar-refractivity contribution in [2.45, 2.75) is 46.5 Å². The molecular formula is C12H22. The average Bonchev–Trinajstić information content (AvgIpc) is 2.11. The third-order valence-electron chi connectivity index (χ3n) is 2.39. The zero-order chi connectivity index (χ0) is 9.40. The molecule has 0 aliphatic heterocycles. The van der Waals surface area contributed by atoms with Crippen LogP contribution in [0.1, 0.15) is 46.5 Å². The van der Waals surface area contributed by atoms with Crippen LogP contribution in [0.3, 0.4) is 0 Å². The number of hydrogen-bond donors (Lipinski definition) is 0. The largest absolute Gasteiger partial charge is 0.0991 e. The van der Waals surface area contributed by atoms with Crippen molar-refractivity contribution in [2.75, 3.05) is 0 Å². The molecule has 0 nitrogen and oxygen atoms in total. The molecule has 0 saturated carbocycles. The zero-order valence-electron chi connectivity index (χ0n) is 8.77. The van der Waals surface area contributed by atoms with Gasteiger partial charge in [0, 0.05) is 0 Å². The molecule has 0 N–H and O–H groups in total. The van der Waals surface area contributed by atoms with Crippen LogP contribution in [-0.2, 0) is 0 Å². The lowest BCUT2D eigenvalue weighted by Crippen LogP contribution is -2.01. The normalized spacial score (nSPS) is 14.4. The minimum absolute atomic E-state index is 0.790. The maximum atomic E-state index is 3.75. The van der Waals surface area contributed by atoms with Crippen LogP contribution in [-0.4, -0.2) is 0 Å². The van der Waals surface area contributed by atoms with Crippen molar-refractivity contribution in [3.8, 4) is 0 Å². The standard InChI is InChI=1S/C12H22/c1-5-9-11(7-3)12(8-4)10-6-2/h5,9,12H,1,6-8,10H2,2-4H3/b11-9+. The molecule has 0 spiro atoms. The molecule has 0 bridgehead atoms. The Hall–Kier alpha value is -0.520. The molecule has 70 valence electrons. The third kappa shape index (κ3) is 3.75. The van der Waals surface area contributed by atoms with Gasteiger partial charge in [-0.15, -0.1) is 0 Å². The highest BCUT2D eigenvalue weighted by atomic mass is 14.1. The van der Waals surface area contributed by atoms with Crippen molar-refractivity contribution in [3.63, 3.8) is 0 Å². The van der Waals surface area contributed by atoms with Crippen LogP contribution in [0, 0.1) is 5.92 Å². The van der Waals surface area contributed by atoms with Gasteiger partial charge >= 0.3 is 0 Å². The molecule has 0 aromatic rings. The molecule has 0 heterocycles. The van der Waals surface area contributed by atoms with E-state index in [0.717, 1.165) is 5.92 Å². The average molecular weight is 166 g/mol. The first-order valence-electron chi connectivity index (χ1n) is 5.11. The van der Waals surface area contributed by atoms with Gasteiger partial charge in [-0.3, -0.25) is 0 Å². The fourth-order valence-corrected chi connectivity index (χ4v) is 1.69. The Balaban J connectivity index is 4.21. The summed E-state index contributed by atoms with van der Waals surface area (Å²) in [5.74, 6) is 0.790. The summed E-state index contributed by atoms with van der Waals surface area (Å²) >= 11 is 0. The summed E-state index contributed by atoms with van der Waals surface area (Å²) < 4.78 is 0. The van der Waals surface area contributed by atoms with Gasteiger partial charge in [0.25, 0.3) is 0 Å². The highest BCUT2D eigenvalue weighted by Crippen LogP contribution is 2.23. The molecule has 0 amide bonds. The lowest BCUT2D eigenvalue weighted by atomic mass is 9.90. The molecule has 0 aromatic carbocycles. The molecule has 0 heteroatoms. The summed E-state index contributed by atoms with van der Waals surface area (Å²) in [5, 5.41) is 0. The van der Waals surface area contributed by atoms with E-state index >= 15 is 0 Å². The lowest BCUT2D eigenvalue weighted by molar-refractivity contribution is 0.522. The van der Waals surface area contributed by atoms with E-state index in [9.17, 15) is 0 Å². The smallest absolute Gasteiger partial charge is 0.0203 e. The monoisotopic (exact) mass is 166 g/mol. The summed E-state index contributed by atoms with van der Waals surface area (Å²) in [4.78, 5) is 0. The van der Waals surface area contributed by atoms with Gasteiger partial charge in [0.2, 0.25) is 0 Å². The molecule has 0 aliphatic carbocycles. The van der Waals surface area contributed by atoms with Gasteiger partial charge in [-0.05, 0) is 25.2 Å². The van der Waals surface area contributed by atoms with Gasteiger partial charge in [0.1, 0.15) is 0 Å². The molecule has 0 fully saturated rings. The van der Waals surface area contributed by atoms with Crippen molar-refractivity contribution < 1.29 is 0 Å². The fourth-order valence-electron chi connectivity index (χ4n) is 1.69. The highest BCUT2D eigenvalue weighted by molar-refractivity contribution is 5.13. The number of hydrogen-bond acceptors (Lipinski definition) is 0. The molecular weight excluding hydrogens is 144 g/mol. The minimum atomic E-state index is 0.790. The summed E-state index contributed by atoms with van der Waals surface area (Å²) in [7, 11) is 0. The molecule has 0 rings (SSSR count). The molecule has 1 atom stereocenters. The maximum Gasteiger partial charge on any atom is -0.0203 e. The van der Waals surface area contributed by atoms with Crippen LogP contribution >= 0.6 is 0 Å². The van der Waals surface area contributed by atoms with Crippen LogP contribution in [0.15, 0.2) is 24.3 Å². The lowest BCUT2D eigenvalue weighted by Gasteiger charge is -2.16. The third-order valence-corrected chi connectivity index (χ3v) is 2.39. The quantitative estimate of drug-likeness (QED) is 0.515. The first-order chi connectivity index (χ1) is 5.79. The predicted octanol–water partition coefficient (Wildman–Crippen LogP) is 4.34. The van der Waals surface area contributed by atoms with Crippen LogP contribution in [0.2, 0.25) is 0 Å². The van der Waals surface area contributed by atoms with Crippen molar-refractivity contribution in [1.82, 2.24) is 0 Å². The van der Waals surface area contributed by atoms with E-state index < -0.39 is 0 Å². The van der Waals surface area contributed by atoms with Crippen molar-refractivity contribution in [3.05, 3.63) is 24.3 Å². The second-order valence-electron chi connectivity index (χ2n) is 3.22. The van der Waals surface area contributed by atoms with Gasteiger partial charge in [0.15, 0.2) is 0 Å². The SMILES string of the molecule is C=C/C=C(\CC)C(CC)CCC. The predicted molar refractivity (Wildman–Crippen MR) is 57.3 cm³/mol. The van der Waals surface area contributed by atoms with E-state index in [1.54, 1.807) is 5.57 Å². The highest BCUT2D eigenvalue weighted by Gasteiger charge is 2.08. The van der Waals surface area contributed by atoms with Gasteiger partial charge < -0.3 is 0 Å². The van der Waals surface area contributed by atoms with Gasteiger partial charge in [-0.1, -0.05) is 51.5 Å². The Morgan fingerprint density at radius 2 is 2.00 bits per heavy atom. The van der Waals surface area contributed by atoms with E-state index in [1.807, 2.05) is 6.08 Å². The van der Waals surface area contributed by atoms with Crippen molar-refractivity contribution >= 4 is 0 Å². The van der Waals surface area contributed by atoms with Gasteiger partial charge in [0.05, 0.1) is 0 Å². The van der Waals surface area contributed by atoms with Crippen molar-refractivity contribution in [2.24, 2.45) is 5.92 Å². The Kier molecular flexibility index (Phi) is 6.84. The Labute approximate surface area is 77.4 Å². The minimum Gasteiger partial charge on any atom is -0.0991 e. The van der Waals surface area contributed by atoms with Crippen LogP contribution in [0.25, 0.3) is 0 Å². The molecule has 0 aromatic heterocycles. The fraction of sp³-hybridized carbons (Fsp3) is 0.667. The summed E-state index contributed by atoms with van der Waals surface area (Å²) in [5.41, 5.74) is 1.56. The zero-order valence-corrected chi connectivity index (χ0v) is 8.77.